The first-order valence-electron chi connectivity index (χ1n) is 8.59. The lowest BCUT2D eigenvalue weighted by Crippen LogP contribution is -2.43. The van der Waals surface area contributed by atoms with Crippen LogP contribution < -0.4 is 5.32 Å². The molecule has 5 nitrogen and oxygen atoms in total. The van der Waals surface area contributed by atoms with E-state index in [1.54, 1.807) is 6.20 Å². The summed E-state index contributed by atoms with van der Waals surface area (Å²) in [7, 11) is 0. The van der Waals surface area contributed by atoms with Crippen molar-refractivity contribution in [3.05, 3.63) is 59.7 Å². The van der Waals surface area contributed by atoms with E-state index >= 15 is 0 Å². The second kappa shape index (κ2) is 10.1. The van der Waals surface area contributed by atoms with E-state index in [4.69, 9.17) is 0 Å². The molecule has 1 aromatic heterocycles. The molecule has 0 saturated carbocycles. The van der Waals surface area contributed by atoms with Crippen LogP contribution in [0.25, 0.3) is 0 Å². The lowest BCUT2D eigenvalue weighted by molar-refractivity contribution is 0.0618. The third kappa shape index (κ3) is 6.00. The van der Waals surface area contributed by atoms with Gasteiger partial charge < -0.3 is 15.5 Å². The molecular weight excluding hydrogens is 302 g/mol. The number of unbranched alkanes of at least 4 members (excludes halogenated alkanes) is 1. The molecule has 0 spiro atoms. The van der Waals surface area contributed by atoms with Crippen molar-refractivity contribution in [2.75, 3.05) is 6.61 Å². The first kappa shape index (κ1) is 18.5. The van der Waals surface area contributed by atoms with Gasteiger partial charge in [0.1, 0.15) is 0 Å². The molecule has 0 aliphatic carbocycles. The minimum absolute atomic E-state index is 0.272. The molecule has 1 aromatic carbocycles. The molecular formula is C19H27N3O2. The highest BCUT2D eigenvalue weighted by Crippen LogP contribution is 2.07. The van der Waals surface area contributed by atoms with Crippen LogP contribution in [0, 0.1) is 0 Å². The standard InChI is InChI=1S/C19H27N3O2/c1-2-3-9-16-12-21-17(13-20-16)10-18(19(24)14-23)22-11-15-7-5-4-6-8-15/h4-8,12-13,18-19,22-24H,2-3,9-11,14H2,1H3/t18-,19-/m1/s1. The van der Waals surface area contributed by atoms with Crippen molar-refractivity contribution < 1.29 is 10.2 Å². The molecule has 2 aromatic rings. The Bertz CT molecular complexity index is 575. The predicted molar refractivity (Wildman–Crippen MR) is 94.5 cm³/mol. The Labute approximate surface area is 143 Å². The second-order valence-corrected chi connectivity index (χ2v) is 6.03. The molecule has 2 atom stereocenters. The van der Waals surface area contributed by atoms with E-state index in [1.165, 1.54) is 0 Å². The second-order valence-electron chi connectivity index (χ2n) is 6.03. The molecule has 130 valence electrons. The summed E-state index contributed by atoms with van der Waals surface area (Å²) in [6, 6.07) is 9.71. The maximum atomic E-state index is 10.1. The number of nitrogens with zero attached hydrogens (tertiary/aromatic N) is 2. The smallest absolute Gasteiger partial charge is 0.0927 e. The van der Waals surface area contributed by atoms with E-state index < -0.39 is 6.10 Å². The van der Waals surface area contributed by atoms with Crippen LogP contribution in [0.1, 0.15) is 36.7 Å². The van der Waals surface area contributed by atoms with E-state index in [1.807, 2.05) is 36.5 Å². The Kier molecular flexibility index (Phi) is 7.82. The molecule has 0 saturated heterocycles. The molecule has 2 rings (SSSR count). The summed E-state index contributed by atoms with van der Waals surface area (Å²) in [5, 5.41) is 22.7. The van der Waals surface area contributed by atoms with Crippen LogP contribution in [-0.4, -0.2) is 38.9 Å². The minimum Gasteiger partial charge on any atom is -0.394 e. The van der Waals surface area contributed by atoms with Gasteiger partial charge in [0, 0.05) is 31.4 Å². The number of hydrogen-bond donors (Lipinski definition) is 3. The van der Waals surface area contributed by atoms with Gasteiger partial charge in [0.2, 0.25) is 0 Å². The summed E-state index contributed by atoms with van der Waals surface area (Å²) >= 11 is 0. The van der Waals surface area contributed by atoms with Gasteiger partial charge in [-0.05, 0) is 18.4 Å². The Morgan fingerprint density at radius 1 is 1.08 bits per heavy atom. The Hall–Kier alpha value is -1.82. The van der Waals surface area contributed by atoms with Gasteiger partial charge in [-0.15, -0.1) is 0 Å². The maximum absolute atomic E-state index is 10.1. The minimum atomic E-state index is -0.838. The first-order chi connectivity index (χ1) is 11.7. The van der Waals surface area contributed by atoms with Crippen molar-refractivity contribution in [3.63, 3.8) is 0 Å². The monoisotopic (exact) mass is 329 g/mol. The third-order valence-electron chi connectivity index (χ3n) is 4.04. The average Bonchev–Trinajstić information content (AvgIpc) is 2.64. The zero-order chi connectivity index (χ0) is 17.2. The van der Waals surface area contributed by atoms with Crippen LogP contribution in [-0.2, 0) is 19.4 Å². The van der Waals surface area contributed by atoms with Gasteiger partial charge in [0.25, 0.3) is 0 Å². The van der Waals surface area contributed by atoms with Crippen molar-refractivity contribution >= 4 is 0 Å². The third-order valence-corrected chi connectivity index (χ3v) is 4.04. The number of aromatic nitrogens is 2. The molecule has 0 aliphatic rings. The molecule has 0 bridgehead atoms. The number of rotatable bonds is 10. The first-order valence-corrected chi connectivity index (χ1v) is 8.59. The lowest BCUT2D eigenvalue weighted by atomic mass is 10.1. The molecule has 0 radical (unpaired) electrons. The summed E-state index contributed by atoms with van der Waals surface area (Å²) in [6.45, 7) is 2.50. The van der Waals surface area contributed by atoms with Crippen molar-refractivity contribution in [1.82, 2.24) is 15.3 Å². The number of aryl methyl sites for hydroxylation is 1. The van der Waals surface area contributed by atoms with Crippen LogP contribution in [0.3, 0.4) is 0 Å². The number of benzene rings is 1. The number of hydrogen-bond acceptors (Lipinski definition) is 5. The Balaban J connectivity index is 1.95. The molecule has 0 fully saturated rings. The highest BCUT2D eigenvalue weighted by Gasteiger charge is 2.19. The predicted octanol–water partition coefficient (Wildman–Crippen LogP) is 1.87. The van der Waals surface area contributed by atoms with E-state index in [2.05, 4.69) is 22.2 Å². The van der Waals surface area contributed by atoms with E-state index in [9.17, 15) is 10.2 Å². The number of nitrogens with one attached hydrogen (secondary N) is 1. The lowest BCUT2D eigenvalue weighted by Gasteiger charge is -2.22. The average molecular weight is 329 g/mol. The summed E-state index contributed by atoms with van der Waals surface area (Å²) in [5.74, 6) is 0. The topological polar surface area (TPSA) is 78.3 Å². The molecule has 3 N–H and O–H groups in total. The van der Waals surface area contributed by atoms with Crippen LogP contribution in [0.4, 0.5) is 0 Å². The summed E-state index contributed by atoms with van der Waals surface area (Å²) < 4.78 is 0. The highest BCUT2D eigenvalue weighted by molar-refractivity contribution is 5.14. The van der Waals surface area contributed by atoms with Crippen LogP contribution in [0.15, 0.2) is 42.7 Å². The molecule has 1 heterocycles. The largest absolute Gasteiger partial charge is 0.394 e. The van der Waals surface area contributed by atoms with Crippen LogP contribution >= 0.6 is 0 Å². The Morgan fingerprint density at radius 3 is 2.42 bits per heavy atom. The van der Waals surface area contributed by atoms with Gasteiger partial charge >= 0.3 is 0 Å². The Morgan fingerprint density at radius 2 is 1.79 bits per heavy atom. The number of aliphatic hydroxyl groups is 2. The zero-order valence-corrected chi connectivity index (χ0v) is 14.2. The van der Waals surface area contributed by atoms with Gasteiger partial charge in [-0.3, -0.25) is 9.97 Å². The summed E-state index contributed by atoms with van der Waals surface area (Å²) in [5.41, 5.74) is 2.94. The summed E-state index contributed by atoms with van der Waals surface area (Å²) in [6.07, 6.45) is 6.46. The zero-order valence-electron chi connectivity index (χ0n) is 14.2. The van der Waals surface area contributed by atoms with Crippen molar-refractivity contribution in [1.29, 1.82) is 0 Å². The normalized spacial score (nSPS) is 13.6. The maximum Gasteiger partial charge on any atom is 0.0927 e. The van der Waals surface area contributed by atoms with Crippen LogP contribution in [0.5, 0.6) is 0 Å². The van der Waals surface area contributed by atoms with Crippen molar-refractivity contribution in [3.8, 4) is 0 Å². The van der Waals surface area contributed by atoms with Crippen LogP contribution in [0.2, 0.25) is 0 Å². The molecule has 5 heteroatoms. The van der Waals surface area contributed by atoms with Gasteiger partial charge in [-0.25, -0.2) is 0 Å². The number of aliphatic hydroxyl groups excluding tert-OH is 2. The molecule has 0 aliphatic heterocycles. The van der Waals surface area contributed by atoms with Gasteiger partial charge in [0.05, 0.1) is 24.1 Å². The molecule has 0 unspecified atom stereocenters. The van der Waals surface area contributed by atoms with E-state index in [0.717, 1.165) is 36.2 Å². The SMILES string of the molecule is CCCCc1cnc(C[C@@H](NCc2ccccc2)[C@H](O)CO)cn1. The highest BCUT2D eigenvalue weighted by atomic mass is 16.3. The summed E-state index contributed by atoms with van der Waals surface area (Å²) in [4.78, 5) is 8.89. The van der Waals surface area contributed by atoms with E-state index in [-0.39, 0.29) is 12.6 Å². The fourth-order valence-corrected chi connectivity index (χ4v) is 2.52. The quantitative estimate of drug-likeness (QED) is 0.620. The van der Waals surface area contributed by atoms with E-state index in [0.29, 0.717) is 13.0 Å². The van der Waals surface area contributed by atoms with Crippen molar-refractivity contribution in [2.24, 2.45) is 0 Å². The molecule has 0 amide bonds. The fraction of sp³-hybridized carbons (Fsp3) is 0.474. The van der Waals surface area contributed by atoms with Crippen molar-refractivity contribution in [2.45, 2.75) is 51.3 Å². The fourth-order valence-electron chi connectivity index (χ4n) is 2.52. The van der Waals surface area contributed by atoms with Gasteiger partial charge in [-0.2, -0.15) is 0 Å². The van der Waals surface area contributed by atoms with Gasteiger partial charge in [-0.1, -0.05) is 43.7 Å². The molecule has 24 heavy (non-hydrogen) atoms. The van der Waals surface area contributed by atoms with Gasteiger partial charge in [0.15, 0.2) is 0 Å².